The van der Waals surface area contributed by atoms with E-state index in [1.807, 2.05) is 6.07 Å². The molecule has 0 amide bonds. The highest BCUT2D eigenvalue weighted by molar-refractivity contribution is 5.90. The molecule has 1 unspecified atom stereocenters. The molecule has 0 aliphatic carbocycles. The van der Waals surface area contributed by atoms with Crippen LogP contribution in [0.5, 0.6) is 0 Å². The van der Waals surface area contributed by atoms with E-state index in [0.29, 0.717) is 6.04 Å². The Kier molecular flexibility index (Phi) is 3.32. The Hall–Kier alpha value is -2.09. The highest BCUT2D eigenvalue weighted by atomic mass is 15.5. The summed E-state index contributed by atoms with van der Waals surface area (Å²) in [6, 6.07) is 21.4. The van der Waals surface area contributed by atoms with E-state index < -0.39 is 0 Å². The van der Waals surface area contributed by atoms with Crippen molar-refractivity contribution in [2.75, 3.05) is 5.01 Å². The molecule has 1 atom stereocenters. The van der Waals surface area contributed by atoms with Crippen LogP contribution >= 0.6 is 0 Å². The molecule has 0 aromatic heterocycles. The lowest BCUT2D eigenvalue weighted by atomic mass is 10.0. The van der Waals surface area contributed by atoms with Crippen molar-refractivity contribution in [2.24, 2.45) is 5.10 Å². The van der Waals surface area contributed by atoms with Gasteiger partial charge in [0.2, 0.25) is 0 Å². The first-order valence-corrected chi connectivity index (χ1v) is 6.77. The number of hydrogen-bond acceptors (Lipinski definition) is 2. The van der Waals surface area contributed by atoms with Gasteiger partial charge in [0.1, 0.15) is 0 Å². The zero-order valence-electron chi connectivity index (χ0n) is 11.2. The van der Waals surface area contributed by atoms with Crippen LogP contribution in [0.15, 0.2) is 65.8 Å². The van der Waals surface area contributed by atoms with Gasteiger partial charge in [-0.25, -0.2) is 0 Å². The molecule has 0 N–H and O–H groups in total. The van der Waals surface area contributed by atoms with Crippen LogP contribution in [-0.2, 0) is 6.42 Å². The molecule has 2 heteroatoms. The van der Waals surface area contributed by atoms with E-state index in [1.54, 1.807) is 0 Å². The lowest BCUT2D eigenvalue weighted by Crippen LogP contribution is -2.22. The molecule has 3 rings (SSSR count). The van der Waals surface area contributed by atoms with Crippen molar-refractivity contribution in [1.29, 1.82) is 0 Å². The Morgan fingerprint density at radius 1 is 1.00 bits per heavy atom. The minimum atomic E-state index is 0.445. The number of para-hydroxylation sites is 1. The Bertz CT molecular complexity index is 560. The fourth-order valence-corrected chi connectivity index (χ4v) is 2.55. The first-order valence-electron chi connectivity index (χ1n) is 6.77. The van der Waals surface area contributed by atoms with E-state index in [9.17, 15) is 0 Å². The normalized spacial score (nSPS) is 18.5. The van der Waals surface area contributed by atoms with E-state index in [2.05, 4.69) is 66.5 Å². The summed E-state index contributed by atoms with van der Waals surface area (Å²) < 4.78 is 0. The molecule has 0 bridgehead atoms. The standard InChI is InChI=1S/C17H18N2/c1-14-12-16(13-15-8-4-2-5-9-15)18-19(14)17-10-6-3-7-11-17/h2-11,14H,12-13H2,1H3. The summed E-state index contributed by atoms with van der Waals surface area (Å²) in [5.41, 5.74) is 3.78. The summed E-state index contributed by atoms with van der Waals surface area (Å²) in [6.45, 7) is 2.23. The zero-order chi connectivity index (χ0) is 13.1. The highest BCUT2D eigenvalue weighted by Gasteiger charge is 2.23. The number of nitrogens with zero attached hydrogens (tertiary/aromatic N) is 2. The number of hydrogen-bond donors (Lipinski definition) is 0. The van der Waals surface area contributed by atoms with E-state index in [4.69, 9.17) is 5.10 Å². The minimum Gasteiger partial charge on any atom is -0.262 e. The second-order valence-electron chi connectivity index (χ2n) is 5.06. The molecule has 0 spiro atoms. The van der Waals surface area contributed by atoms with Gasteiger partial charge in [-0.3, -0.25) is 5.01 Å². The van der Waals surface area contributed by atoms with Gasteiger partial charge in [0, 0.05) is 18.6 Å². The van der Waals surface area contributed by atoms with Gasteiger partial charge in [-0.1, -0.05) is 48.5 Å². The summed E-state index contributed by atoms with van der Waals surface area (Å²) in [4.78, 5) is 0. The third-order valence-corrected chi connectivity index (χ3v) is 3.47. The Morgan fingerprint density at radius 3 is 2.32 bits per heavy atom. The Labute approximate surface area is 114 Å². The number of benzene rings is 2. The molecule has 2 nitrogen and oxygen atoms in total. The van der Waals surface area contributed by atoms with Crippen LogP contribution in [0.25, 0.3) is 0 Å². The van der Waals surface area contributed by atoms with Crippen molar-refractivity contribution in [1.82, 2.24) is 0 Å². The third-order valence-electron chi connectivity index (χ3n) is 3.47. The molecule has 96 valence electrons. The SMILES string of the molecule is CC1CC(Cc2ccccc2)=NN1c1ccccc1. The van der Waals surface area contributed by atoms with Gasteiger partial charge in [-0.05, 0) is 24.6 Å². The number of rotatable bonds is 3. The van der Waals surface area contributed by atoms with Gasteiger partial charge in [-0.15, -0.1) is 0 Å². The van der Waals surface area contributed by atoms with Crippen molar-refractivity contribution >= 4 is 11.4 Å². The van der Waals surface area contributed by atoms with Gasteiger partial charge in [-0.2, -0.15) is 5.10 Å². The van der Waals surface area contributed by atoms with Crippen molar-refractivity contribution in [3.05, 3.63) is 66.2 Å². The molecule has 2 aromatic carbocycles. The fourth-order valence-electron chi connectivity index (χ4n) is 2.55. The van der Waals surface area contributed by atoms with E-state index in [1.165, 1.54) is 17.0 Å². The largest absolute Gasteiger partial charge is 0.262 e. The Morgan fingerprint density at radius 2 is 1.63 bits per heavy atom. The first kappa shape index (κ1) is 12.0. The summed E-state index contributed by atoms with van der Waals surface area (Å²) in [7, 11) is 0. The molecule has 2 aromatic rings. The van der Waals surface area contributed by atoms with Crippen molar-refractivity contribution in [3.63, 3.8) is 0 Å². The monoisotopic (exact) mass is 250 g/mol. The van der Waals surface area contributed by atoms with Crippen molar-refractivity contribution in [3.8, 4) is 0 Å². The molecular formula is C17H18N2. The van der Waals surface area contributed by atoms with Crippen LogP contribution < -0.4 is 5.01 Å². The maximum Gasteiger partial charge on any atom is 0.0597 e. The smallest absolute Gasteiger partial charge is 0.0597 e. The fraction of sp³-hybridized carbons (Fsp3) is 0.235. The molecule has 0 saturated heterocycles. The average Bonchev–Trinajstić information content (AvgIpc) is 2.82. The van der Waals surface area contributed by atoms with E-state index in [0.717, 1.165) is 12.8 Å². The van der Waals surface area contributed by atoms with Gasteiger partial charge in [0.05, 0.1) is 11.7 Å². The van der Waals surface area contributed by atoms with Crippen LogP contribution in [-0.4, -0.2) is 11.8 Å². The second-order valence-corrected chi connectivity index (χ2v) is 5.06. The van der Waals surface area contributed by atoms with Crippen molar-refractivity contribution < 1.29 is 0 Å². The van der Waals surface area contributed by atoms with Crippen molar-refractivity contribution in [2.45, 2.75) is 25.8 Å². The number of hydrazone groups is 1. The van der Waals surface area contributed by atoms with E-state index >= 15 is 0 Å². The van der Waals surface area contributed by atoms with Gasteiger partial charge >= 0.3 is 0 Å². The molecule has 0 fully saturated rings. The lowest BCUT2D eigenvalue weighted by molar-refractivity contribution is 0.723. The van der Waals surface area contributed by atoms with Crippen LogP contribution in [0.2, 0.25) is 0 Å². The second kappa shape index (κ2) is 5.27. The lowest BCUT2D eigenvalue weighted by Gasteiger charge is -2.19. The minimum absolute atomic E-state index is 0.445. The third kappa shape index (κ3) is 2.68. The summed E-state index contributed by atoms with van der Waals surface area (Å²) in [6.07, 6.45) is 2.00. The number of anilines is 1. The average molecular weight is 250 g/mol. The van der Waals surface area contributed by atoms with E-state index in [-0.39, 0.29) is 0 Å². The van der Waals surface area contributed by atoms with Crippen LogP contribution in [0, 0.1) is 0 Å². The predicted octanol–water partition coefficient (Wildman–Crippen LogP) is 3.88. The van der Waals surface area contributed by atoms with Crippen LogP contribution in [0.3, 0.4) is 0 Å². The molecule has 0 radical (unpaired) electrons. The van der Waals surface area contributed by atoms with Gasteiger partial charge in [0.25, 0.3) is 0 Å². The maximum atomic E-state index is 4.78. The summed E-state index contributed by atoms with van der Waals surface area (Å²) >= 11 is 0. The molecule has 1 aliphatic heterocycles. The highest BCUT2D eigenvalue weighted by Crippen LogP contribution is 2.24. The van der Waals surface area contributed by atoms with Gasteiger partial charge < -0.3 is 0 Å². The molecule has 1 aliphatic rings. The topological polar surface area (TPSA) is 15.6 Å². The summed E-state index contributed by atoms with van der Waals surface area (Å²) in [5, 5.41) is 6.92. The molecule has 19 heavy (non-hydrogen) atoms. The molecule has 0 saturated carbocycles. The quantitative estimate of drug-likeness (QED) is 0.807. The van der Waals surface area contributed by atoms with Crippen LogP contribution in [0.4, 0.5) is 5.69 Å². The van der Waals surface area contributed by atoms with Crippen LogP contribution in [0.1, 0.15) is 18.9 Å². The first-order chi connectivity index (χ1) is 9.33. The molecular weight excluding hydrogens is 232 g/mol. The van der Waals surface area contributed by atoms with Gasteiger partial charge in [0.15, 0.2) is 0 Å². The zero-order valence-corrected chi connectivity index (χ0v) is 11.2. The predicted molar refractivity (Wildman–Crippen MR) is 80.6 cm³/mol. The molecule has 1 heterocycles. The maximum absolute atomic E-state index is 4.78. The summed E-state index contributed by atoms with van der Waals surface area (Å²) in [5.74, 6) is 0. The Balaban J connectivity index is 1.78.